The molecule has 8 nitrogen and oxygen atoms in total. The molecule has 1 aromatic rings. The zero-order valence-corrected chi connectivity index (χ0v) is 13.0. The number of nitrogen functional groups attached to an aromatic ring is 1. The van der Waals surface area contributed by atoms with Gasteiger partial charge >= 0.3 is 0 Å². The summed E-state index contributed by atoms with van der Waals surface area (Å²) in [6, 6.07) is 0.399. The number of hydrogen-bond donors (Lipinski definition) is 2. The number of morpholine rings is 1. The summed E-state index contributed by atoms with van der Waals surface area (Å²) in [7, 11) is 2.01. The summed E-state index contributed by atoms with van der Waals surface area (Å²) in [5.74, 6) is 7.18. The van der Waals surface area contributed by atoms with Crippen LogP contribution in [0.1, 0.15) is 26.7 Å². The molecule has 0 bridgehead atoms. The van der Waals surface area contributed by atoms with Crippen LogP contribution in [0.3, 0.4) is 0 Å². The average Bonchev–Trinajstić information content (AvgIpc) is 2.56. The van der Waals surface area contributed by atoms with Crippen molar-refractivity contribution in [2.45, 2.75) is 32.7 Å². The Morgan fingerprint density at radius 1 is 1.24 bits per heavy atom. The lowest BCUT2D eigenvalue weighted by atomic mass is 10.1. The molecule has 0 amide bonds. The first-order valence-electron chi connectivity index (χ1n) is 7.47. The monoisotopic (exact) mass is 295 g/mol. The first-order chi connectivity index (χ1) is 10.2. The third-order valence-corrected chi connectivity index (χ3v) is 3.84. The van der Waals surface area contributed by atoms with Gasteiger partial charge in [-0.3, -0.25) is 5.43 Å². The Labute approximate surface area is 125 Å². The molecule has 1 aliphatic rings. The van der Waals surface area contributed by atoms with Crippen LogP contribution in [0.25, 0.3) is 0 Å². The smallest absolute Gasteiger partial charge is 0.243 e. The highest BCUT2D eigenvalue weighted by molar-refractivity contribution is 5.45. The molecule has 0 unspecified atom stereocenters. The Bertz CT molecular complexity index is 446. The number of rotatable bonds is 6. The molecular formula is C13H25N7O. The van der Waals surface area contributed by atoms with Crippen molar-refractivity contribution in [3.8, 4) is 0 Å². The van der Waals surface area contributed by atoms with Crippen LogP contribution in [0.4, 0.5) is 17.8 Å². The lowest BCUT2D eigenvalue weighted by Crippen LogP contribution is -2.38. The molecule has 1 saturated heterocycles. The van der Waals surface area contributed by atoms with Crippen LogP contribution in [0.15, 0.2) is 0 Å². The standard InChI is InChI=1S/C13H25N7O/c1-4-10(5-2)19(3)12-15-11(18-14)16-13(17-12)20-6-8-21-9-7-20/h10H,4-9,14H2,1-3H3,(H,15,16,17,18). The number of nitrogens with two attached hydrogens (primary N) is 1. The number of hydrogen-bond acceptors (Lipinski definition) is 8. The van der Waals surface area contributed by atoms with E-state index in [1.54, 1.807) is 0 Å². The van der Waals surface area contributed by atoms with Crippen LogP contribution >= 0.6 is 0 Å². The summed E-state index contributed by atoms with van der Waals surface area (Å²) in [5.41, 5.74) is 2.53. The predicted molar refractivity (Wildman–Crippen MR) is 83.4 cm³/mol. The van der Waals surface area contributed by atoms with Gasteiger partial charge in [0.1, 0.15) is 0 Å². The van der Waals surface area contributed by atoms with E-state index in [0.717, 1.165) is 25.9 Å². The van der Waals surface area contributed by atoms with Crippen LogP contribution in [0.5, 0.6) is 0 Å². The number of ether oxygens (including phenoxy) is 1. The molecule has 0 aliphatic carbocycles. The van der Waals surface area contributed by atoms with Gasteiger partial charge in [-0.05, 0) is 12.8 Å². The first kappa shape index (κ1) is 15.7. The van der Waals surface area contributed by atoms with Crippen molar-refractivity contribution in [3.63, 3.8) is 0 Å². The van der Waals surface area contributed by atoms with Gasteiger partial charge in [0.05, 0.1) is 13.2 Å². The second-order valence-corrected chi connectivity index (χ2v) is 5.08. The minimum absolute atomic E-state index is 0.388. The van der Waals surface area contributed by atoms with Gasteiger partial charge in [0, 0.05) is 26.2 Å². The molecule has 0 spiro atoms. The Morgan fingerprint density at radius 2 is 1.90 bits per heavy atom. The summed E-state index contributed by atoms with van der Waals surface area (Å²) in [6.07, 6.45) is 2.08. The predicted octanol–water partition coefficient (Wildman–Crippen LogP) is 0.619. The van der Waals surface area contributed by atoms with E-state index in [1.807, 2.05) is 7.05 Å². The van der Waals surface area contributed by atoms with Crippen LogP contribution < -0.4 is 21.1 Å². The summed E-state index contributed by atoms with van der Waals surface area (Å²) in [5, 5.41) is 0. The highest BCUT2D eigenvalue weighted by Gasteiger charge is 2.20. The molecule has 0 radical (unpaired) electrons. The number of nitrogens with zero attached hydrogens (tertiary/aromatic N) is 5. The number of aromatic nitrogens is 3. The summed E-state index contributed by atoms with van der Waals surface area (Å²) in [4.78, 5) is 17.5. The van der Waals surface area contributed by atoms with Gasteiger partial charge < -0.3 is 14.5 Å². The molecule has 0 saturated carbocycles. The Hall–Kier alpha value is -1.67. The molecule has 2 rings (SSSR count). The molecule has 8 heteroatoms. The van der Waals surface area contributed by atoms with Gasteiger partial charge in [-0.15, -0.1) is 0 Å². The van der Waals surface area contributed by atoms with Crippen molar-refractivity contribution in [1.29, 1.82) is 0 Å². The van der Waals surface area contributed by atoms with Crippen molar-refractivity contribution < 1.29 is 4.74 Å². The quantitative estimate of drug-likeness (QED) is 0.583. The van der Waals surface area contributed by atoms with E-state index in [2.05, 4.69) is 44.0 Å². The summed E-state index contributed by atoms with van der Waals surface area (Å²) >= 11 is 0. The van der Waals surface area contributed by atoms with Crippen molar-refractivity contribution in [2.24, 2.45) is 5.84 Å². The van der Waals surface area contributed by atoms with Crippen LogP contribution in [0.2, 0.25) is 0 Å². The first-order valence-corrected chi connectivity index (χ1v) is 7.47. The maximum atomic E-state index is 5.49. The van der Waals surface area contributed by atoms with E-state index in [9.17, 15) is 0 Å². The third kappa shape index (κ3) is 3.70. The van der Waals surface area contributed by atoms with Crippen LogP contribution in [0, 0.1) is 0 Å². The minimum Gasteiger partial charge on any atom is -0.378 e. The van der Waals surface area contributed by atoms with Gasteiger partial charge in [0.15, 0.2) is 0 Å². The van der Waals surface area contributed by atoms with E-state index >= 15 is 0 Å². The van der Waals surface area contributed by atoms with E-state index < -0.39 is 0 Å². The molecule has 1 aliphatic heterocycles. The Morgan fingerprint density at radius 3 is 2.48 bits per heavy atom. The molecule has 0 atom stereocenters. The van der Waals surface area contributed by atoms with Crippen molar-refractivity contribution in [1.82, 2.24) is 15.0 Å². The lowest BCUT2D eigenvalue weighted by molar-refractivity contribution is 0.122. The molecule has 0 aromatic carbocycles. The maximum absolute atomic E-state index is 5.49. The number of hydrazine groups is 1. The van der Waals surface area contributed by atoms with Crippen molar-refractivity contribution in [2.75, 3.05) is 48.6 Å². The van der Waals surface area contributed by atoms with E-state index in [-0.39, 0.29) is 0 Å². The largest absolute Gasteiger partial charge is 0.378 e. The molecule has 3 N–H and O–H groups in total. The second-order valence-electron chi connectivity index (χ2n) is 5.08. The Kier molecular flexibility index (Phi) is 5.51. The van der Waals surface area contributed by atoms with Crippen LogP contribution in [-0.2, 0) is 4.74 Å². The third-order valence-electron chi connectivity index (χ3n) is 3.84. The molecule has 2 heterocycles. The van der Waals surface area contributed by atoms with Crippen molar-refractivity contribution >= 4 is 17.8 Å². The van der Waals surface area contributed by atoms with Gasteiger partial charge in [0.25, 0.3) is 0 Å². The topological polar surface area (TPSA) is 92.4 Å². The highest BCUT2D eigenvalue weighted by Crippen LogP contribution is 2.19. The summed E-state index contributed by atoms with van der Waals surface area (Å²) < 4.78 is 5.36. The molecule has 1 fully saturated rings. The fourth-order valence-corrected chi connectivity index (χ4v) is 2.48. The second kappa shape index (κ2) is 7.37. The number of nitrogens with one attached hydrogen (secondary N) is 1. The van der Waals surface area contributed by atoms with Gasteiger partial charge in [-0.1, -0.05) is 13.8 Å². The molecule has 118 valence electrons. The lowest BCUT2D eigenvalue weighted by Gasteiger charge is -2.30. The van der Waals surface area contributed by atoms with Crippen LogP contribution in [-0.4, -0.2) is 54.3 Å². The maximum Gasteiger partial charge on any atom is 0.243 e. The normalized spacial score (nSPS) is 15.4. The van der Waals surface area contributed by atoms with E-state index in [0.29, 0.717) is 37.1 Å². The fourth-order valence-electron chi connectivity index (χ4n) is 2.48. The van der Waals surface area contributed by atoms with E-state index in [1.165, 1.54) is 0 Å². The Balaban J connectivity index is 2.28. The molecular weight excluding hydrogens is 270 g/mol. The SMILES string of the molecule is CCC(CC)N(C)c1nc(NN)nc(N2CCOCC2)n1. The molecule has 21 heavy (non-hydrogen) atoms. The van der Waals surface area contributed by atoms with E-state index in [4.69, 9.17) is 10.6 Å². The zero-order valence-electron chi connectivity index (χ0n) is 13.0. The molecule has 1 aromatic heterocycles. The fraction of sp³-hybridized carbons (Fsp3) is 0.769. The summed E-state index contributed by atoms with van der Waals surface area (Å²) in [6.45, 7) is 7.27. The average molecular weight is 295 g/mol. The zero-order chi connectivity index (χ0) is 15.2. The minimum atomic E-state index is 0.388. The number of anilines is 3. The van der Waals surface area contributed by atoms with Gasteiger partial charge in [-0.25, -0.2) is 5.84 Å². The van der Waals surface area contributed by atoms with Gasteiger partial charge in [0.2, 0.25) is 17.8 Å². The highest BCUT2D eigenvalue weighted by atomic mass is 16.5. The van der Waals surface area contributed by atoms with Gasteiger partial charge in [-0.2, -0.15) is 15.0 Å². The van der Waals surface area contributed by atoms with Crippen molar-refractivity contribution in [3.05, 3.63) is 0 Å².